The molecule has 2 bridgehead atoms. The van der Waals surface area contributed by atoms with Crippen LogP contribution in [0.1, 0.15) is 46.0 Å². The van der Waals surface area contributed by atoms with E-state index in [-0.39, 0.29) is 5.60 Å². The summed E-state index contributed by atoms with van der Waals surface area (Å²) in [6, 6.07) is 2.10. The highest BCUT2D eigenvalue weighted by Gasteiger charge is 2.52. The Labute approximate surface area is 111 Å². The number of hydrogen-bond acceptors (Lipinski definition) is 3. The van der Waals surface area contributed by atoms with Crippen LogP contribution in [-0.2, 0) is 4.74 Å². The van der Waals surface area contributed by atoms with Crippen LogP contribution >= 0.6 is 0 Å². The van der Waals surface area contributed by atoms with Crippen molar-refractivity contribution in [3.05, 3.63) is 0 Å². The zero-order valence-corrected chi connectivity index (χ0v) is 12.1. The number of nitrogens with zero attached hydrogens (tertiary/aromatic N) is 1. The maximum absolute atomic E-state index is 6.36. The van der Waals surface area contributed by atoms with Crippen molar-refractivity contribution in [2.45, 2.75) is 69.7 Å². The Morgan fingerprint density at radius 3 is 2.56 bits per heavy atom. The zero-order valence-electron chi connectivity index (χ0n) is 12.1. The summed E-state index contributed by atoms with van der Waals surface area (Å²) in [5.41, 5.74) is 0.140. The van der Waals surface area contributed by atoms with E-state index in [4.69, 9.17) is 4.74 Å². The molecule has 18 heavy (non-hydrogen) atoms. The van der Waals surface area contributed by atoms with E-state index in [9.17, 15) is 0 Å². The van der Waals surface area contributed by atoms with Crippen molar-refractivity contribution < 1.29 is 4.74 Å². The number of ether oxygens (including phenoxy) is 1. The fourth-order valence-corrected chi connectivity index (χ4v) is 4.41. The van der Waals surface area contributed by atoms with E-state index in [0.29, 0.717) is 6.04 Å². The van der Waals surface area contributed by atoms with E-state index >= 15 is 0 Å². The van der Waals surface area contributed by atoms with Gasteiger partial charge in [0.2, 0.25) is 0 Å². The van der Waals surface area contributed by atoms with E-state index in [1.807, 2.05) is 0 Å². The fourth-order valence-electron chi connectivity index (χ4n) is 4.41. The van der Waals surface area contributed by atoms with Crippen LogP contribution < -0.4 is 5.32 Å². The summed E-state index contributed by atoms with van der Waals surface area (Å²) in [5, 5.41) is 3.75. The molecule has 0 radical (unpaired) electrons. The van der Waals surface area contributed by atoms with Gasteiger partial charge < -0.3 is 15.0 Å². The molecule has 3 rings (SSSR count). The Morgan fingerprint density at radius 2 is 1.94 bits per heavy atom. The van der Waals surface area contributed by atoms with Gasteiger partial charge in [-0.25, -0.2) is 0 Å². The van der Waals surface area contributed by atoms with Crippen molar-refractivity contribution in [1.82, 2.24) is 10.2 Å². The summed E-state index contributed by atoms with van der Waals surface area (Å²) in [5.74, 6) is 0.749. The average molecular weight is 252 g/mol. The van der Waals surface area contributed by atoms with Crippen LogP contribution in [0.5, 0.6) is 0 Å². The lowest BCUT2D eigenvalue weighted by molar-refractivity contribution is -0.143. The number of rotatable bonds is 2. The van der Waals surface area contributed by atoms with Crippen LogP contribution in [0.2, 0.25) is 0 Å². The smallest absolute Gasteiger partial charge is 0.0865 e. The summed E-state index contributed by atoms with van der Waals surface area (Å²) < 4.78 is 6.36. The van der Waals surface area contributed by atoms with E-state index in [1.54, 1.807) is 0 Å². The maximum atomic E-state index is 6.36. The van der Waals surface area contributed by atoms with Crippen molar-refractivity contribution in [3.63, 3.8) is 0 Å². The van der Waals surface area contributed by atoms with Crippen LogP contribution in [0.25, 0.3) is 0 Å². The third kappa shape index (κ3) is 2.10. The Bertz CT molecular complexity index is 291. The molecule has 3 aliphatic heterocycles. The van der Waals surface area contributed by atoms with Gasteiger partial charge in [0.15, 0.2) is 0 Å². The first kappa shape index (κ1) is 12.9. The second-order valence-electron chi connectivity index (χ2n) is 7.01. The van der Waals surface area contributed by atoms with Crippen LogP contribution in [0.3, 0.4) is 0 Å². The average Bonchev–Trinajstić information content (AvgIpc) is 2.57. The zero-order chi connectivity index (χ0) is 12.8. The minimum Gasteiger partial charge on any atom is -0.372 e. The van der Waals surface area contributed by atoms with Gasteiger partial charge in [-0.3, -0.25) is 0 Å². The Hall–Kier alpha value is -0.120. The second-order valence-corrected chi connectivity index (χ2v) is 7.01. The lowest BCUT2D eigenvalue weighted by atomic mass is 9.76. The normalized spacial score (nSPS) is 45.0. The molecular formula is C15H28N2O. The first-order valence-electron chi connectivity index (χ1n) is 7.70. The molecule has 3 unspecified atom stereocenters. The van der Waals surface area contributed by atoms with Gasteiger partial charge in [0.25, 0.3) is 0 Å². The first-order chi connectivity index (χ1) is 8.61. The van der Waals surface area contributed by atoms with Crippen LogP contribution in [0.4, 0.5) is 0 Å². The molecule has 3 atom stereocenters. The highest BCUT2D eigenvalue weighted by Crippen LogP contribution is 2.45. The van der Waals surface area contributed by atoms with E-state index < -0.39 is 0 Å². The van der Waals surface area contributed by atoms with Crippen LogP contribution in [0, 0.1) is 5.92 Å². The van der Waals surface area contributed by atoms with Crippen LogP contribution in [0.15, 0.2) is 0 Å². The topological polar surface area (TPSA) is 24.5 Å². The molecule has 0 aliphatic carbocycles. The third-order valence-electron chi connectivity index (χ3n) is 5.37. The molecule has 0 aromatic carbocycles. The van der Waals surface area contributed by atoms with Gasteiger partial charge in [-0.15, -0.1) is 0 Å². The Morgan fingerprint density at radius 1 is 1.28 bits per heavy atom. The van der Waals surface area contributed by atoms with E-state index in [0.717, 1.165) is 31.2 Å². The number of piperidine rings is 1. The van der Waals surface area contributed by atoms with Gasteiger partial charge in [-0.05, 0) is 45.1 Å². The van der Waals surface area contributed by atoms with Crippen molar-refractivity contribution in [2.75, 3.05) is 20.2 Å². The van der Waals surface area contributed by atoms with Gasteiger partial charge in [0.1, 0.15) is 0 Å². The number of fused-ring (bicyclic) bond motifs is 2. The molecule has 3 nitrogen and oxygen atoms in total. The number of morpholine rings is 1. The quantitative estimate of drug-likeness (QED) is 0.814. The van der Waals surface area contributed by atoms with Crippen LogP contribution in [-0.4, -0.2) is 48.8 Å². The predicted molar refractivity (Wildman–Crippen MR) is 73.7 cm³/mol. The number of nitrogens with one attached hydrogen (secondary N) is 1. The molecular weight excluding hydrogens is 224 g/mol. The summed E-state index contributed by atoms with van der Waals surface area (Å²) in [6.45, 7) is 6.59. The van der Waals surface area contributed by atoms with Crippen molar-refractivity contribution in [2.24, 2.45) is 5.92 Å². The molecule has 3 heteroatoms. The molecule has 1 N–H and O–H groups in total. The third-order valence-corrected chi connectivity index (χ3v) is 5.37. The molecule has 3 fully saturated rings. The van der Waals surface area contributed by atoms with Gasteiger partial charge in [0.05, 0.1) is 12.2 Å². The predicted octanol–water partition coefficient (Wildman–Crippen LogP) is 2.02. The van der Waals surface area contributed by atoms with E-state index in [1.165, 1.54) is 32.1 Å². The summed E-state index contributed by atoms with van der Waals surface area (Å²) in [4.78, 5) is 2.61. The molecule has 0 aromatic rings. The maximum Gasteiger partial charge on any atom is 0.0865 e. The SMILES string of the molecule is CC(C)CC1NCCOC12CC1CCC(C2)N1C. The minimum atomic E-state index is 0.140. The molecule has 3 saturated heterocycles. The molecule has 0 aromatic heterocycles. The lowest BCUT2D eigenvalue weighted by Gasteiger charge is -2.52. The second kappa shape index (κ2) is 4.77. The fraction of sp³-hybridized carbons (Fsp3) is 1.00. The van der Waals surface area contributed by atoms with Crippen molar-refractivity contribution >= 4 is 0 Å². The van der Waals surface area contributed by atoms with Gasteiger partial charge in [0, 0.05) is 24.7 Å². The summed E-state index contributed by atoms with van der Waals surface area (Å²) in [7, 11) is 2.31. The highest BCUT2D eigenvalue weighted by molar-refractivity contribution is 5.08. The lowest BCUT2D eigenvalue weighted by Crippen LogP contribution is -2.64. The molecule has 0 amide bonds. The van der Waals surface area contributed by atoms with Gasteiger partial charge in [-0.2, -0.15) is 0 Å². The molecule has 3 aliphatic rings. The molecule has 3 heterocycles. The standard InChI is InChI=1S/C15H28N2O/c1-11(2)8-14-15(18-7-6-16-14)9-12-4-5-13(10-15)17(12)3/h11-14,16H,4-10H2,1-3H3. The molecule has 104 valence electrons. The van der Waals surface area contributed by atoms with Gasteiger partial charge in [-0.1, -0.05) is 13.8 Å². The summed E-state index contributed by atoms with van der Waals surface area (Å²) >= 11 is 0. The van der Waals surface area contributed by atoms with E-state index in [2.05, 4.69) is 31.1 Å². The largest absolute Gasteiger partial charge is 0.372 e. The monoisotopic (exact) mass is 252 g/mol. The number of hydrogen-bond donors (Lipinski definition) is 1. The Kier molecular flexibility index (Phi) is 3.41. The molecule has 1 spiro atoms. The highest BCUT2D eigenvalue weighted by atomic mass is 16.5. The minimum absolute atomic E-state index is 0.140. The summed E-state index contributed by atoms with van der Waals surface area (Å²) in [6.07, 6.45) is 6.49. The van der Waals surface area contributed by atoms with Crippen molar-refractivity contribution in [3.8, 4) is 0 Å². The molecule has 0 saturated carbocycles. The first-order valence-corrected chi connectivity index (χ1v) is 7.70. The van der Waals surface area contributed by atoms with Gasteiger partial charge >= 0.3 is 0 Å². The Balaban J connectivity index is 1.79. The van der Waals surface area contributed by atoms with Crippen molar-refractivity contribution in [1.29, 1.82) is 0 Å².